The zero-order valence-electron chi connectivity index (χ0n) is 9.72. The molecule has 3 nitrogen and oxygen atoms in total. The number of unbranched alkanes of at least 4 members (excludes halogenated alkanes) is 1. The van der Waals surface area contributed by atoms with E-state index in [2.05, 4.69) is 18.0 Å². The van der Waals surface area contributed by atoms with Crippen LogP contribution in [0.4, 0.5) is 0 Å². The molecule has 1 aromatic rings. The second-order valence-electron chi connectivity index (χ2n) is 4.44. The van der Waals surface area contributed by atoms with E-state index in [4.69, 9.17) is 9.84 Å². The molecular formula is C13H19NO2. The van der Waals surface area contributed by atoms with Gasteiger partial charge in [-0.1, -0.05) is 13.3 Å². The predicted octanol–water partition coefficient (Wildman–Crippen LogP) is 2.36. The lowest BCUT2D eigenvalue weighted by atomic mass is 10.1. The van der Waals surface area contributed by atoms with Crippen LogP contribution in [-0.2, 0) is 0 Å². The van der Waals surface area contributed by atoms with Gasteiger partial charge in [0.25, 0.3) is 0 Å². The van der Waals surface area contributed by atoms with Gasteiger partial charge in [-0.25, -0.2) is 0 Å². The fourth-order valence-electron chi connectivity index (χ4n) is 1.91. The summed E-state index contributed by atoms with van der Waals surface area (Å²) in [7, 11) is 0. The zero-order chi connectivity index (χ0) is 11.4. The molecular weight excluding hydrogens is 202 g/mol. The molecule has 0 unspecified atom stereocenters. The van der Waals surface area contributed by atoms with Crippen molar-refractivity contribution in [1.82, 2.24) is 4.98 Å². The van der Waals surface area contributed by atoms with E-state index in [1.54, 1.807) is 6.20 Å². The summed E-state index contributed by atoms with van der Waals surface area (Å²) in [5.74, 6) is 1.79. The molecule has 16 heavy (non-hydrogen) atoms. The third kappa shape index (κ3) is 2.73. The highest BCUT2D eigenvalue weighted by Gasteiger charge is 2.37. The van der Waals surface area contributed by atoms with Crippen molar-refractivity contribution < 1.29 is 9.84 Å². The summed E-state index contributed by atoms with van der Waals surface area (Å²) in [6, 6.07) is 2.06. The van der Waals surface area contributed by atoms with Crippen LogP contribution in [0.15, 0.2) is 18.5 Å². The van der Waals surface area contributed by atoms with Crippen LogP contribution >= 0.6 is 0 Å². The Kier molecular flexibility index (Phi) is 3.78. The van der Waals surface area contributed by atoms with E-state index in [1.165, 1.54) is 5.56 Å². The number of aliphatic hydroxyl groups is 1. The van der Waals surface area contributed by atoms with Crippen molar-refractivity contribution in [1.29, 1.82) is 0 Å². The zero-order valence-corrected chi connectivity index (χ0v) is 9.72. The van der Waals surface area contributed by atoms with Crippen LogP contribution in [0.5, 0.6) is 5.75 Å². The highest BCUT2D eigenvalue weighted by atomic mass is 16.5. The van der Waals surface area contributed by atoms with Gasteiger partial charge in [0.15, 0.2) is 0 Å². The van der Waals surface area contributed by atoms with Gasteiger partial charge in [0.1, 0.15) is 5.75 Å². The Labute approximate surface area is 96.5 Å². The number of hydrogen-bond donors (Lipinski definition) is 1. The number of hydrogen-bond acceptors (Lipinski definition) is 3. The maximum Gasteiger partial charge on any atom is 0.137 e. The average Bonchev–Trinajstić information content (AvgIpc) is 3.09. The first kappa shape index (κ1) is 11.4. The van der Waals surface area contributed by atoms with Crippen LogP contribution in [0, 0.1) is 5.92 Å². The normalized spacial score (nSPS) is 23.1. The molecule has 3 heteroatoms. The third-order valence-electron chi connectivity index (χ3n) is 3.09. The van der Waals surface area contributed by atoms with E-state index in [0.717, 1.165) is 31.6 Å². The summed E-state index contributed by atoms with van der Waals surface area (Å²) in [4.78, 5) is 4.19. The Morgan fingerprint density at radius 1 is 1.50 bits per heavy atom. The Bertz CT molecular complexity index is 340. The summed E-state index contributed by atoms with van der Waals surface area (Å²) in [5, 5.41) is 9.03. The summed E-state index contributed by atoms with van der Waals surface area (Å²) in [5.41, 5.74) is 1.20. The van der Waals surface area contributed by atoms with Crippen LogP contribution < -0.4 is 4.74 Å². The lowest BCUT2D eigenvalue weighted by molar-refractivity contribution is 0.273. The molecule has 0 spiro atoms. The van der Waals surface area contributed by atoms with Crippen molar-refractivity contribution in [3.8, 4) is 5.75 Å². The van der Waals surface area contributed by atoms with Crippen LogP contribution in [0.25, 0.3) is 0 Å². The second-order valence-corrected chi connectivity index (χ2v) is 4.44. The van der Waals surface area contributed by atoms with Gasteiger partial charge in [0, 0.05) is 12.8 Å². The van der Waals surface area contributed by atoms with Gasteiger partial charge in [0.2, 0.25) is 0 Å². The Balaban J connectivity index is 1.92. The first-order valence-corrected chi connectivity index (χ1v) is 6.03. The predicted molar refractivity (Wildman–Crippen MR) is 62.6 cm³/mol. The van der Waals surface area contributed by atoms with Crippen molar-refractivity contribution in [2.75, 3.05) is 13.2 Å². The standard InChI is InChI=1S/C13H19NO2/c1-2-3-4-16-12-5-10(7-14-8-12)13-6-11(13)9-15/h5,7-8,11,13,15H,2-4,6,9H2,1H3/t11-,13-/m1/s1. The SMILES string of the molecule is CCCCOc1cncc([C@H]2C[C@@H]2CO)c1. The summed E-state index contributed by atoms with van der Waals surface area (Å²) >= 11 is 0. The minimum absolute atomic E-state index is 0.283. The number of pyridine rings is 1. The van der Waals surface area contributed by atoms with E-state index in [9.17, 15) is 0 Å². The van der Waals surface area contributed by atoms with Crippen LogP contribution in [0.1, 0.15) is 37.7 Å². The average molecular weight is 221 g/mol. The molecule has 0 radical (unpaired) electrons. The molecule has 0 aromatic carbocycles. The number of rotatable bonds is 6. The Morgan fingerprint density at radius 2 is 2.38 bits per heavy atom. The van der Waals surface area contributed by atoms with Crippen molar-refractivity contribution >= 4 is 0 Å². The van der Waals surface area contributed by atoms with Crippen molar-refractivity contribution in [2.24, 2.45) is 5.92 Å². The summed E-state index contributed by atoms with van der Waals surface area (Å²) in [6.07, 6.45) is 6.94. The molecule has 1 N–H and O–H groups in total. The fourth-order valence-corrected chi connectivity index (χ4v) is 1.91. The number of nitrogens with zero attached hydrogens (tertiary/aromatic N) is 1. The molecule has 1 aliphatic rings. The first-order chi connectivity index (χ1) is 7.85. The number of aliphatic hydroxyl groups excluding tert-OH is 1. The smallest absolute Gasteiger partial charge is 0.137 e. The van der Waals surface area contributed by atoms with Gasteiger partial charge in [-0.15, -0.1) is 0 Å². The van der Waals surface area contributed by atoms with Crippen molar-refractivity contribution in [3.63, 3.8) is 0 Å². The first-order valence-electron chi connectivity index (χ1n) is 6.03. The largest absolute Gasteiger partial charge is 0.492 e. The Morgan fingerprint density at radius 3 is 3.06 bits per heavy atom. The monoisotopic (exact) mass is 221 g/mol. The lowest BCUT2D eigenvalue weighted by Crippen LogP contribution is -1.98. The van der Waals surface area contributed by atoms with Crippen LogP contribution in [0.3, 0.4) is 0 Å². The van der Waals surface area contributed by atoms with Gasteiger partial charge in [-0.2, -0.15) is 0 Å². The Hall–Kier alpha value is -1.09. The van der Waals surface area contributed by atoms with Gasteiger partial charge >= 0.3 is 0 Å². The lowest BCUT2D eigenvalue weighted by Gasteiger charge is -2.06. The second kappa shape index (κ2) is 5.30. The molecule has 0 aliphatic heterocycles. The van der Waals surface area contributed by atoms with Gasteiger partial charge < -0.3 is 9.84 Å². The molecule has 1 heterocycles. The van der Waals surface area contributed by atoms with Crippen molar-refractivity contribution in [3.05, 3.63) is 24.0 Å². The maximum atomic E-state index is 9.03. The minimum Gasteiger partial charge on any atom is -0.492 e. The highest BCUT2D eigenvalue weighted by molar-refractivity contribution is 5.30. The number of ether oxygens (including phenoxy) is 1. The van der Waals surface area contributed by atoms with Crippen LogP contribution in [-0.4, -0.2) is 23.3 Å². The molecule has 2 atom stereocenters. The minimum atomic E-state index is 0.283. The molecule has 1 saturated carbocycles. The fraction of sp³-hybridized carbons (Fsp3) is 0.615. The van der Waals surface area contributed by atoms with E-state index in [1.807, 2.05) is 6.20 Å². The van der Waals surface area contributed by atoms with E-state index < -0.39 is 0 Å². The molecule has 1 aromatic heterocycles. The summed E-state index contributed by atoms with van der Waals surface area (Å²) < 4.78 is 5.61. The van der Waals surface area contributed by atoms with E-state index in [0.29, 0.717) is 11.8 Å². The molecule has 0 saturated heterocycles. The molecule has 1 aliphatic carbocycles. The van der Waals surface area contributed by atoms with Gasteiger partial charge in [-0.3, -0.25) is 4.98 Å². The van der Waals surface area contributed by atoms with Crippen LogP contribution in [0.2, 0.25) is 0 Å². The van der Waals surface area contributed by atoms with E-state index >= 15 is 0 Å². The van der Waals surface area contributed by atoms with Crippen molar-refractivity contribution in [2.45, 2.75) is 32.1 Å². The maximum absolute atomic E-state index is 9.03. The molecule has 0 bridgehead atoms. The highest BCUT2D eigenvalue weighted by Crippen LogP contribution is 2.47. The van der Waals surface area contributed by atoms with E-state index in [-0.39, 0.29) is 6.61 Å². The molecule has 0 amide bonds. The summed E-state index contributed by atoms with van der Waals surface area (Å²) in [6.45, 7) is 3.19. The van der Waals surface area contributed by atoms with Gasteiger partial charge in [0.05, 0.1) is 12.8 Å². The quantitative estimate of drug-likeness (QED) is 0.750. The number of aromatic nitrogens is 1. The van der Waals surface area contributed by atoms with Gasteiger partial charge in [-0.05, 0) is 36.3 Å². The third-order valence-corrected chi connectivity index (χ3v) is 3.09. The molecule has 1 fully saturated rings. The topological polar surface area (TPSA) is 42.4 Å². The molecule has 2 rings (SSSR count). The molecule has 88 valence electrons.